The summed E-state index contributed by atoms with van der Waals surface area (Å²) in [7, 11) is 0. The minimum atomic E-state index is -1.15. The van der Waals surface area contributed by atoms with E-state index in [1.54, 1.807) is 0 Å². The van der Waals surface area contributed by atoms with Crippen molar-refractivity contribution < 1.29 is 14.6 Å². The Balaban J connectivity index is 3.49. The summed E-state index contributed by atoms with van der Waals surface area (Å²) in [5.74, 6) is -0.567. The standard InChI is InChI=1S/C6H9N3O3/c1-2-6(11)12-4-3-5(10)8-9-7/h2,5,10H,1,3-4H2. The number of azide groups is 1. The SMILES string of the molecule is C=CC(=O)OCCC(O)N=[N+]=[N-]. The van der Waals surface area contributed by atoms with Gasteiger partial charge in [0.15, 0.2) is 0 Å². The van der Waals surface area contributed by atoms with Crippen molar-refractivity contribution in [1.82, 2.24) is 0 Å². The van der Waals surface area contributed by atoms with Crippen molar-refractivity contribution in [3.8, 4) is 0 Å². The minimum Gasteiger partial charge on any atom is -0.462 e. The first-order valence-electron chi connectivity index (χ1n) is 3.22. The zero-order valence-corrected chi connectivity index (χ0v) is 6.38. The average Bonchev–Trinajstić information content (AvgIpc) is 2.04. The van der Waals surface area contributed by atoms with Gasteiger partial charge in [0, 0.05) is 17.4 Å². The van der Waals surface area contributed by atoms with E-state index in [1.807, 2.05) is 0 Å². The Bertz CT molecular complexity index is 210. The van der Waals surface area contributed by atoms with Crippen LogP contribution in [-0.2, 0) is 9.53 Å². The highest BCUT2D eigenvalue weighted by Gasteiger charge is 2.01. The Labute approximate surface area is 69.1 Å². The number of rotatable bonds is 5. The van der Waals surface area contributed by atoms with E-state index >= 15 is 0 Å². The number of ether oxygens (including phenoxy) is 1. The lowest BCUT2D eigenvalue weighted by molar-refractivity contribution is -0.138. The van der Waals surface area contributed by atoms with E-state index in [0.717, 1.165) is 6.08 Å². The molecular formula is C6H9N3O3. The van der Waals surface area contributed by atoms with E-state index in [4.69, 9.17) is 10.6 Å². The second kappa shape index (κ2) is 6.21. The molecule has 0 bridgehead atoms. The van der Waals surface area contributed by atoms with Gasteiger partial charge >= 0.3 is 5.97 Å². The van der Waals surface area contributed by atoms with E-state index in [-0.39, 0.29) is 13.0 Å². The van der Waals surface area contributed by atoms with Crippen LogP contribution in [0.3, 0.4) is 0 Å². The number of esters is 1. The number of aliphatic hydroxyl groups excluding tert-OH is 1. The fourth-order valence-corrected chi connectivity index (χ4v) is 0.441. The highest BCUT2D eigenvalue weighted by Crippen LogP contribution is 1.94. The first-order valence-corrected chi connectivity index (χ1v) is 3.22. The summed E-state index contributed by atoms with van der Waals surface area (Å²) in [6, 6.07) is 0. The first kappa shape index (κ1) is 10.5. The van der Waals surface area contributed by atoms with Crippen molar-refractivity contribution in [2.45, 2.75) is 12.6 Å². The van der Waals surface area contributed by atoms with E-state index < -0.39 is 12.2 Å². The third-order valence-electron chi connectivity index (χ3n) is 0.972. The molecule has 12 heavy (non-hydrogen) atoms. The molecule has 0 aromatic heterocycles. The number of carbonyl (C=O) groups excluding carboxylic acids is 1. The summed E-state index contributed by atoms with van der Waals surface area (Å²) in [6.07, 6.45) is -0.0450. The van der Waals surface area contributed by atoms with E-state index in [1.165, 1.54) is 0 Å². The van der Waals surface area contributed by atoms with Crippen LogP contribution in [0.25, 0.3) is 10.4 Å². The smallest absolute Gasteiger partial charge is 0.330 e. The van der Waals surface area contributed by atoms with Crippen LogP contribution < -0.4 is 0 Å². The topological polar surface area (TPSA) is 95.3 Å². The molecule has 0 aliphatic rings. The molecule has 0 fully saturated rings. The minimum absolute atomic E-state index is 0.00500. The average molecular weight is 171 g/mol. The second-order valence-corrected chi connectivity index (χ2v) is 1.85. The molecule has 0 heterocycles. The molecule has 66 valence electrons. The molecule has 0 aromatic carbocycles. The summed E-state index contributed by atoms with van der Waals surface area (Å²) in [5.41, 5.74) is 7.87. The third-order valence-corrected chi connectivity index (χ3v) is 0.972. The van der Waals surface area contributed by atoms with Gasteiger partial charge in [0.05, 0.1) is 6.61 Å². The Hall–Kier alpha value is -1.52. The fourth-order valence-electron chi connectivity index (χ4n) is 0.441. The van der Waals surface area contributed by atoms with Gasteiger partial charge in [-0.2, -0.15) is 0 Å². The van der Waals surface area contributed by atoms with Crippen LogP contribution in [0.15, 0.2) is 17.8 Å². The molecule has 0 aromatic rings. The van der Waals surface area contributed by atoms with Crippen LogP contribution >= 0.6 is 0 Å². The van der Waals surface area contributed by atoms with Gasteiger partial charge in [-0.1, -0.05) is 11.7 Å². The molecule has 0 saturated heterocycles. The summed E-state index contributed by atoms with van der Waals surface area (Å²) in [6.45, 7) is 3.18. The van der Waals surface area contributed by atoms with Gasteiger partial charge in [-0.05, 0) is 5.53 Å². The lowest BCUT2D eigenvalue weighted by Crippen LogP contribution is -2.09. The quantitative estimate of drug-likeness (QED) is 0.217. The zero-order chi connectivity index (χ0) is 9.40. The van der Waals surface area contributed by atoms with Crippen LogP contribution in [0, 0.1) is 0 Å². The van der Waals surface area contributed by atoms with Crippen LogP contribution in [0.4, 0.5) is 0 Å². The Morgan fingerprint density at radius 3 is 3.08 bits per heavy atom. The van der Waals surface area contributed by atoms with Gasteiger partial charge < -0.3 is 9.84 Å². The van der Waals surface area contributed by atoms with E-state index in [9.17, 15) is 4.79 Å². The maximum atomic E-state index is 10.4. The van der Waals surface area contributed by atoms with Crippen LogP contribution in [0.5, 0.6) is 0 Å². The molecule has 0 spiro atoms. The number of hydrogen-bond donors (Lipinski definition) is 1. The summed E-state index contributed by atoms with van der Waals surface area (Å²) in [4.78, 5) is 12.8. The molecule has 1 N–H and O–H groups in total. The van der Waals surface area contributed by atoms with Gasteiger partial charge in [0.1, 0.15) is 6.23 Å². The lowest BCUT2D eigenvalue weighted by atomic mass is 10.4. The van der Waals surface area contributed by atoms with Crippen LogP contribution in [-0.4, -0.2) is 23.9 Å². The van der Waals surface area contributed by atoms with Gasteiger partial charge in [-0.25, -0.2) is 4.79 Å². The lowest BCUT2D eigenvalue weighted by Gasteiger charge is -2.02. The molecule has 0 radical (unpaired) electrons. The molecule has 0 amide bonds. The normalized spacial score (nSPS) is 11.1. The van der Waals surface area contributed by atoms with Crippen molar-refractivity contribution in [3.05, 3.63) is 23.1 Å². The van der Waals surface area contributed by atoms with Crippen molar-refractivity contribution in [1.29, 1.82) is 0 Å². The monoisotopic (exact) mass is 171 g/mol. The maximum Gasteiger partial charge on any atom is 0.330 e. The molecule has 0 aliphatic heterocycles. The molecule has 1 unspecified atom stereocenters. The fraction of sp³-hybridized carbons (Fsp3) is 0.500. The van der Waals surface area contributed by atoms with Gasteiger partial charge in [0.2, 0.25) is 0 Å². The highest BCUT2D eigenvalue weighted by atomic mass is 16.5. The molecule has 0 rings (SSSR count). The van der Waals surface area contributed by atoms with Crippen molar-refractivity contribution in [2.75, 3.05) is 6.61 Å². The Kier molecular flexibility index (Phi) is 5.42. The predicted octanol–water partition coefficient (Wildman–Crippen LogP) is 0.734. The van der Waals surface area contributed by atoms with Crippen molar-refractivity contribution in [3.63, 3.8) is 0 Å². The zero-order valence-electron chi connectivity index (χ0n) is 6.38. The van der Waals surface area contributed by atoms with Crippen molar-refractivity contribution >= 4 is 5.97 Å². The summed E-state index contributed by atoms with van der Waals surface area (Å²) in [5, 5.41) is 11.8. The maximum absolute atomic E-state index is 10.4. The predicted molar refractivity (Wildman–Crippen MR) is 40.9 cm³/mol. The largest absolute Gasteiger partial charge is 0.462 e. The first-order chi connectivity index (χ1) is 5.70. The third kappa shape index (κ3) is 5.28. The van der Waals surface area contributed by atoms with Crippen LogP contribution in [0.2, 0.25) is 0 Å². The number of nitrogens with zero attached hydrogens (tertiary/aromatic N) is 3. The summed E-state index contributed by atoms with van der Waals surface area (Å²) >= 11 is 0. The van der Waals surface area contributed by atoms with Crippen LogP contribution in [0.1, 0.15) is 6.42 Å². The van der Waals surface area contributed by atoms with Gasteiger partial charge in [-0.3, -0.25) is 0 Å². The van der Waals surface area contributed by atoms with Gasteiger partial charge in [-0.15, -0.1) is 0 Å². The Morgan fingerprint density at radius 1 is 1.92 bits per heavy atom. The van der Waals surface area contributed by atoms with E-state index in [0.29, 0.717) is 0 Å². The number of hydrogen-bond acceptors (Lipinski definition) is 4. The molecule has 6 nitrogen and oxygen atoms in total. The highest BCUT2D eigenvalue weighted by molar-refractivity contribution is 5.81. The molecule has 6 heteroatoms. The number of carbonyl (C=O) groups is 1. The molecule has 0 aliphatic carbocycles. The summed E-state index contributed by atoms with van der Waals surface area (Å²) < 4.78 is 4.51. The molecular weight excluding hydrogens is 162 g/mol. The van der Waals surface area contributed by atoms with E-state index in [2.05, 4.69) is 21.3 Å². The van der Waals surface area contributed by atoms with Crippen molar-refractivity contribution in [2.24, 2.45) is 5.11 Å². The molecule has 1 atom stereocenters. The van der Waals surface area contributed by atoms with Gasteiger partial charge in [0.25, 0.3) is 0 Å². The Morgan fingerprint density at radius 2 is 2.58 bits per heavy atom. The second-order valence-electron chi connectivity index (χ2n) is 1.85. The molecule has 0 saturated carbocycles. The number of aliphatic hydroxyl groups is 1.